The number of hydrogen-bond acceptors (Lipinski definition) is 2. The van der Waals surface area contributed by atoms with Crippen LogP contribution in [0.1, 0.15) is 23.6 Å². The molecule has 0 saturated carbocycles. The number of pyridine rings is 1. The number of hydrogen-bond donors (Lipinski definition) is 0. The van der Waals surface area contributed by atoms with Crippen LogP contribution in [0.2, 0.25) is 0 Å². The van der Waals surface area contributed by atoms with Crippen LogP contribution in [0.4, 0.5) is 0 Å². The highest BCUT2D eigenvalue weighted by Crippen LogP contribution is 2.54. The Morgan fingerprint density at radius 3 is 1.92 bits per heavy atom. The van der Waals surface area contributed by atoms with Crippen molar-refractivity contribution in [2.75, 3.05) is 0 Å². The lowest BCUT2D eigenvalue weighted by atomic mass is 9.74. The molecule has 0 N–H and O–H groups in total. The second kappa shape index (κ2) is 11.1. The van der Waals surface area contributed by atoms with Gasteiger partial charge in [-0.1, -0.05) is 133 Å². The van der Waals surface area contributed by atoms with Gasteiger partial charge in [0.25, 0.3) is 0 Å². The van der Waals surface area contributed by atoms with E-state index < -0.39 is 0 Å². The molecule has 2 nitrogen and oxygen atoms in total. The number of nitrogens with zero attached hydrogens (tertiary/aromatic N) is 2. The summed E-state index contributed by atoms with van der Waals surface area (Å²) in [6.07, 6.45) is 0. The summed E-state index contributed by atoms with van der Waals surface area (Å²) in [7, 11) is 0. The van der Waals surface area contributed by atoms with Crippen LogP contribution in [0.5, 0.6) is 0 Å². The summed E-state index contributed by atoms with van der Waals surface area (Å²) in [6.45, 7) is 2.40. The highest BCUT2D eigenvalue weighted by atomic mass is 32.1. The van der Waals surface area contributed by atoms with E-state index in [1.54, 1.807) is 0 Å². The van der Waals surface area contributed by atoms with Gasteiger partial charge in [-0.15, -0.1) is 11.3 Å². The largest absolute Gasteiger partial charge is 0.294 e. The van der Waals surface area contributed by atoms with Gasteiger partial charge in [-0.3, -0.25) is 4.57 Å². The molecule has 1 atom stereocenters. The third-order valence-electron chi connectivity index (χ3n) is 11.3. The zero-order valence-electron chi connectivity index (χ0n) is 28.5. The van der Waals surface area contributed by atoms with Crippen LogP contribution in [0.3, 0.4) is 0 Å². The van der Waals surface area contributed by atoms with Gasteiger partial charge in [0.15, 0.2) is 0 Å². The molecular weight excluding hydrogens is 649 g/mol. The van der Waals surface area contributed by atoms with E-state index in [9.17, 15) is 0 Å². The SMILES string of the molecule is CC1(c2ccccc2)c2ccccc2-c2cc3c(cc21)sc1cc2c(cc13)c1ccccc1n2-c1cc(-c2ccccc2)cc(-c2ccccc2)n1. The Hall–Kier alpha value is -6.29. The fourth-order valence-corrected chi connectivity index (χ4v) is 9.88. The molecule has 3 heterocycles. The second-order valence-corrected chi connectivity index (χ2v) is 15.2. The highest BCUT2D eigenvalue weighted by molar-refractivity contribution is 7.25. The number of fused-ring (bicyclic) bond motifs is 9. The Morgan fingerprint density at radius 1 is 0.462 bits per heavy atom. The Morgan fingerprint density at radius 2 is 1.12 bits per heavy atom. The van der Waals surface area contributed by atoms with Gasteiger partial charge in [-0.25, -0.2) is 4.98 Å². The van der Waals surface area contributed by atoms with Gasteiger partial charge in [-0.05, 0) is 88.3 Å². The van der Waals surface area contributed by atoms with Crippen molar-refractivity contribution in [2.24, 2.45) is 0 Å². The van der Waals surface area contributed by atoms with Crippen LogP contribution < -0.4 is 0 Å². The zero-order chi connectivity index (χ0) is 34.4. The lowest BCUT2D eigenvalue weighted by Crippen LogP contribution is -2.22. The second-order valence-electron chi connectivity index (χ2n) is 14.1. The Labute approximate surface area is 305 Å². The number of thiophene rings is 1. The first-order chi connectivity index (χ1) is 25.6. The van der Waals surface area contributed by atoms with Gasteiger partial charge in [0.2, 0.25) is 0 Å². The van der Waals surface area contributed by atoms with E-state index in [-0.39, 0.29) is 5.41 Å². The minimum Gasteiger partial charge on any atom is -0.294 e. The number of para-hydroxylation sites is 1. The topological polar surface area (TPSA) is 17.8 Å². The van der Waals surface area contributed by atoms with E-state index in [4.69, 9.17) is 4.98 Å². The van der Waals surface area contributed by atoms with Crippen molar-refractivity contribution in [2.45, 2.75) is 12.3 Å². The van der Waals surface area contributed by atoms with E-state index >= 15 is 0 Å². The van der Waals surface area contributed by atoms with Crippen LogP contribution in [0.25, 0.3) is 81.3 Å². The molecule has 3 heteroatoms. The van der Waals surface area contributed by atoms with Crippen molar-refractivity contribution in [1.82, 2.24) is 9.55 Å². The van der Waals surface area contributed by atoms with Gasteiger partial charge in [0.1, 0.15) is 5.82 Å². The van der Waals surface area contributed by atoms with Gasteiger partial charge >= 0.3 is 0 Å². The molecule has 0 fully saturated rings. The van der Waals surface area contributed by atoms with Gasteiger partial charge in [0, 0.05) is 41.9 Å². The third-order valence-corrected chi connectivity index (χ3v) is 12.4. The van der Waals surface area contributed by atoms with Crippen molar-refractivity contribution in [3.63, 3.8) is 0 Å². The van der Waals surface area contributed by atoms with Crippen LogP contribution >= 0.6 is 11.3 Å². The first kappa shape index (κ1) is 29.4. The van der Waals surface area contributed by atoms with Crippen molar-refractivity contribution >= 4 is 53.3 Å². The van der Waals surface area contributed by atoms with Crippen molar-refractivity contribution < 1.29 is 0 Å². The predicted octanol–water partition coefficient (Wildman–Crippen LogP) is 13.2. The summed E-state index contributed by atoms with van der Waals surface area (Å²) in [5.74, 6) is 0.918. The molecule has 7 aromatic carbocycles. The lowest BCUT2D eigenvalue weighted by Gasteiger charge is -2.28. The fourth-order valence-electron chi connectivity index (χ4n) is 8.73. The summed E-state index contributed by atoms with van der Waals surface area (Å²) >= 11 is 1.90. The van der Waals surface area contributed by atoms with E-state index in [1.807, 2.05) is 11.3 Å². The van der Waals surface area contributed by atoms with Crippen LogP contribution in [0, 0.1) is 0 Å². The molecule has 0 radical (unpaired) electrons. The lowest BCUT2D eigenvalue weighted by molar-refractivity contribution is 0.715. The molecule has 0 spiro atoms. The Balaban J connectivity index is 1.18. The van der Waals surface area contributed by atoms with E-state index in [0.717, 1.165) is 28.2 Å². The fraction of sp³-hybridized carbons (Fsp3) is 0.0408. The molecule has 244 valence electrons. The molecule has 0 saturated heterocycles. The number of aromatic nitrogens is 2. The average Bonchev–Trinajstić information content (AvgIpc) is 3.82. The molecule has 11 rings (SSSR count). The third kappa shape index (κ3) is 4.20. The molecule has 52 heavy (non-hydrogen) atoms. The smallest absolute Gasteiger partial charge is 0.138 e. The van der Waals surface area contributed by atoms with E-state index in [1.165, 1.54) is 69.8 Å². The highest BCUT2D eigenvalue weighted by Gasteiger charge is 2.41. The predicted molar refractivity (Wildman–Crippen MR) is 220 cm³/mol. The summed E-state index contributed by atoms with van der Waals surface area (Å²) in [6, 6.07) is 64.2. The molecule has 10 aromatic rings. The molecule has 1 aliphatic rings. The molecular formula is C49H32N2S. The molecule has 3 aromatic heterocycles. The number of rotatable bonds is 4. The monoisotopic (exact) mass is 680 g/mol. The molecule has 1 unspecified atom stereocenters. The summed E-state index contributed by atoms with van der Waals surface area (Å²) in [4.78, 5) is 5.37. The van der Waals surface area contributed by atoms with E-state index in [0.29, 0.717) is 0 Å². The summed E-state index contributed by atoms with van der Waals surface area (Å²) < 4.78 is 4.98. The minimum absolute atomic E-state index is 0.221. The van der Waals surface area contributed by atoms with Crippen molar-refractivity contribution in [3.05, 3.63) is 193 Å². The van der Waals surface area contributed by atoms with Crippen LogP contribution in [0.15, 0.2) is 176 Å². The Kier molecular flexibility index (Phi) is 6.29. The van der Waals surface area contributed by atoms with Crippen LogP contribution in [-0.2, 0) is 5.41 Å². The molecule has 0 amide bonds. The minimum atomic E-state index is -0.221. The summed E-state index contributed by atoms with van der Waals surface area (Å²) in [5.41, 5.74) is 13.3. The number of benzene rings is 7. The Bertz CT molecular complexity index is 2950. The van der Waals surface area contributed by atoms with Crippen LogP contribution in [-0.4, -0.2) is 9.55 Å². The van der Waals surface area contributed by atoms with Gasteiger partial charge in [0.05, 0.1) is 16.7 Å². The maximum atomic E-state index is 5.37. The van der Waals surface area contributed by atoms with E-state index in [2.05, 4.69) is 187 Å². The van der Waals surface area contributed by atoms with Crippen molar-refractivity contribution in [3.8, 4) is 39.3 Å². The quantitative estimate of drug-likeness (QED) is 0.181. The van der Waals surface area contributed by atoms with Gasteiger partial charge < -0.3 is 0 Å². The first-order valence-corrected chi connectivity index (χ1v) is 18.7. The first-order valence-electron chi connectivity index (χ1n) is 17.9. The maximum absolute atomic E-state index is 5.37. The molecule has 0 bridgehead atoms. The summed E-state index contributed by atoms with van der Waals surface area (Å²) in [5, 5.41) is 5.10. The molecule has 1 aliphatic carbocycles. The normalized spacial score (nSPS) is 15.1. The average molecular weight is 681 g/mol. The standard InChI is InChI=1S/C49H32N2S/c1-49(34-19-9-4-10-20-34)41-23-13-11-21-35(41)37-27-39-40-28-38-36-22-12-14-24-44(36)51(45(38)30-47(40)52-46(39)29-42(37)49)48-26-33(31-15-5-2-6-16-31)25-43(50-48)32-17-7-3-8-18-32/h2-30H,1H3. The van der Waals surface area contributed by atoms with Crippen molar-refractivity contribution in [1.29, 1.82) is 0 Å². The zero-order valence-corrected chi connectivity index (χ0v) is 29.4. The maximum Gasteiger partial charge on any atom is 0.138 e. The van der Waals surface area contributed by atoms with Gasteiger partial charge in [-0.2, -0.15) is 0 Å². The molecule has 0 aliphatic heterocycles.